The van der Waals surface area contributed by atoms with Crippen LogP contribution in [0.3, 0.4) is 0 Å². The van der Waals surface area contributed by atoms with E-state index in [2.05, 4.69) is 15.6 Å². The summed E-state index contributed by atoms with van der Waals surface area (Å²) in [5.41, 5.74) is 0.472. The summed E-state index contributed by atoms with van der Waals surface area (Å²) in [4.78, 5) is 30.5. The van der Waals surface area contributed by atoms with Crippen molar-refractivity contribution in [2.75, 3.05) is 5.32 Å². The molecule has 0 saturated heterocycles. The van der Waals surface area contributed by atoms with E-state index in [1.54, 1.807) is 18.3 Å². The highest BCUT2D eigenvalue weighted by Crippen LogP contribution is 2.61. The number of thiazole rings is 1. The van der Waals surface area contributed by atoms with Crippen molar-refractivity contribution < 1.29 is 9.59 Å². The maximum atomic E-state index is 13.3. The Bertz CT molecular complexity index is 830. The van der Waals surface area contributed by atoms with Gasteiger partial charge in [-0.1, -0.05) is 18.2 Å². The number of carbonyl (C=O) groups excluding carboxylic acids is 2. The molecule has 4 aliphatic carbocycles. The van der Waals surface area contributed by atoms with Crippen LogP contribution in [0, 0.1) is 23.2 Å². The zero-order valence-electron chi connectivity index (χ0n) is 15.8. The third-order valence-corrected chi connectivity index (χ3v) is 7.62. The predicted molar refractivity (Wildman–Crippen MR) is 109 cm³/mol. The number of aromatic nitrogens is 1. The van der Waals surface area contributed by atoms with Crippen molar-refractivity contribution in [2.24, 2.45) is 23.2 Å². The van der Waals surface area contributed by atoms with Crippen LogP contribution in [0.25, 0.3) is 0 Å². The second-order valence-electron chi connectivity index (χ2n) is 8.88. The summed E-state index contributed by atoms with van der Waals surface area (Å²) in [7, 11) is 0. The van der Waals surface area contributed by atoms with Gasteiger partial charge in [-0.3, -0.25) is 9.59 Å². The molecule has 6 heteroatoms. The molecular formula is C22H25N3O2S. The van der Waals surface area contributed by atoms with Crippen molar-refractivity contribution in [1.29, 1.82) is 0 Å². The van der Waals surface area contributed by atoms with Crippen LogP contribution in [0.2, 0.25) is 0 Å². The van der Waals surface area contributed by atoms with Gasteiger partial charge in [-0.05, 0) is 68.4 Å². The summed E-state index contributed by atoms with van der Waals surface area (Å²) in [5.74, 6) is 1.82. The summed E-state index contributed by atoms with van der Waals surface area (Å²) < 4.78 is 0. The lowest BCUT2D eigenvalue weighted by molar-refractivity contribution is -0.129. The van der Waals surface area contributed by atoms with Crippen LogP contribution in [-0.4, -0.2) is 22.8 Å². The van der Waals surface area contributed by atoms with E-state index >= 15 is 0 Å². The van der Waals surface area contributed by atoms with E-state index in [1.807, 2.05) is 23.6 Å². The molecule has 1 heterocycles. The molecule has 0 spiro atoms. The Morgan fingerprint density at radius 3 is 2.25 bits per heavy atom. The Morgan fingerprint density at radius 2 is 1.68 bits per heavy atom. The topological polar surface area (TPSA) is 71.1 Å². The zero-order valence-corrected chi connectivity index (χ0v) is 16.6. The third-order valence-electron chi connectivity index (χ3n) is 6.93. The normalized spacial score (nSPS) is 31.4. The summed E-state index contributed by atoms with van der Waals surface area (Å²) in [6.45, 7) is 0. The van der Waals surface area contributed by atoms with Crippen molar-refractivity contribution in [2.45, 2.75) is 44.6 Å². The molecule has 0 aliphatic heterocycles. The number of nitrogens with one attached hydrogen (secondary N) is 2. The van der Waals surface area contributed by atoms with Crippen LogP contribution in [0.1, 0.15) is 48.9 Å². The highest BCUT2D eigenvalue weighted by molar-refractivity contribution is 7.13. The van der Waals surface area contributed by atoms with Crippen molar-refractivity contribution in [3.05, 3.63) is 47.5 Å². The van der Waals surface area contributed by atoms with E-state index in [1.165, 1.54) is 30.6 Å². The molecule has 4 aliphatic rings. The number of benzene rings is 1. The Labute approximate surface area is 168 Å². The minimum atomic E-state index is -0.516. The van der Waals surface area contributed by atoms with E-state index in [-0.39, 0.29) is 17.2 Å². The number of amides is 2. The Kier molecular flexibility index (Phi) is 4.46. The molecule has 146 valence electrons. The van der Waals surface area contributed by atoms with Gasteiger partial charge in [0.2, 0.25) is 5.91 Å². The zero-order chi connectivity index (χ0) is 19.1. The highest BCUT2D eigenvalue weighted by Gasteiger charge is 2.56. The number of nitrogens with zero attached hydrogens (tertiary/aromatic N) is 1. The first-order valence-corrected chi connectivity index (χ1v) is 11.1. The lowest BCUT2D eigenvalue weighted by Crippen LogP contribution is -2.61. The molecule has 28 heavy (non-hydrogen) atoms. The SMILES string of the molecule is O=C(N[C@H](C(=O)Nc1nccs1)C12CC3CC(CC(C3)C1)C2)c1ccccc1. The molecule has 4 fully saturated rings. The maximum absolute atomic E-state index is 13.3. The monoisotopic (exact) mass is 395 g/mol. The van der Waals surface area contributed by atoms with Crippen LogP contribution in [-0.2, 0) is 4.79 Å². The fraction of sp³-hybridized carbons (Fsp3) is 0.500. The number of hydrogen-bond acceptors (Lipinski definition) is 4. The molecule has 1 atom stereocenters. The quantitative estimate of drug-likeness (QED) is 0.801. The fourth-order valence-corrected chi connectivity index (χ4v) is 6.83. The molecule has 1 aromatic heterocycles. The van der Waals surface area contributed by atoms with Gasteiger partial charge in [0.05, 0.1) is 0 Å². The number of hydrogen-bond donors (Lipinski definition) is 2. The van der Waals surface area contributed by atoms with Gasteiger partial charge in [0, 0.05) is 22.6 Å². The average Bonchev–Trinajstić information content (AvgIpc) is 3.18. The molecule has 2 N–H and O–H groups in total. The Morgan fingerprint density at radius 1 is 1.04 bits per heavy atom. The van der Waals surface area contributed by atoms with Crippen LogP contribution >= 0.6 is 11.3 Å². The van der Waals surface area contributed by atoms with Gasteiger partial charge in [-0.15, -0.1) is 11.3 Å². The van der Waals surface area contributed by atoms with Gasteiger partial charge < -0.3 is 10.6 Å². The van der Waals surface area contributed by atoms with Gasteiger partial charge in [-0.25, -0.2) is 4.98 Å². The molecule has 5 nitrogen and oxygen atoms in total. The Balaban J connectivity index is 1.44. The smallest absolute Gasteiger partial charge is 0.251 e. The van der Waals surface area contributed by atoms with Crippen LogP contribution < -0.4 is 10.6 Å². The van der Waals surface area contributed by atoms with Crippen LogP contribution in [0.15, 0.2) is 41.9 Å². The number of rotatable bonds is 5. The van der Waals surface area contributed by atoms with E-state index in [0.29, 0.717) is 28.4 Å². The van der Waals surface area contributed by atoms with E-state index in [0.717, 1.165) is 19.3 Å². The van der Waals surface area contributed by atoms with Crippen molar-refractivity contribution in [1.82, 2.24) is 10.3 Å². The van der Waals surface area contributed by atoms with Crippen LogP contribution in [0.4, 0.5) is 5.13 Å². The largest absolute Gasteiger partial charge is 0.340 e. The molecule has 0 unspecified atom stereocenters. The lowest BCUT2D eigenvalue weighted by atomic mass is 9.47. The van der Waals surface area contributed by atoms with E-state index in [9.17, 15) is 9.59 Å². The van der Waals surface area contributed by atoms with Gasteiger partial charge in [-0.2, -0.15) is 0 Å². The number of carbonyl (C=O) groups is 2. The van der Waals surface area contributed by atoms with E-state index < -0.39 is 6.04 Å². The molecule has 6 rings (SSSR count). The fourth-order valence-electron chi connectivity index (χ4n) is 6.29. The van der Waals surface area contributed by atoms with Crippen molar-refractivity contribution in [3.8, 4) is 0 Å². The molecule has 2 amide bonds. The summed E-state index contributed by atoms with van der Waals surface area (Å²) in [6.07, 6.45) is 8.72. The van der Waals surface area contributed by atoms with Gasteiger partial charge in [0.15, 0.2) is 5.13 Å². The minimum Gasteiger partial charge on any atom is -0.340 e. The first-order valence-electron chi connectivity index (χ1n) is 10.2. The van der Waals surface area contributed by atoms with Crippen LogP contribution in [0.5, 0.6) is 0 Å². The lowest BCUT2D eigenvalue weighted by Gasteiger charge is -2.58. The molecular weight excluding hydrogens is 370 g/mol. The summed E-state index contributed by atoms with van der Waals surface area (Å²) >= 11 is 1.41. The first kappa shape index (κ1) is 17.9. The summed E-state index contributed by atoms with van der Waals surface area (Å²) in [5, 5.41) is 8.52. The minimum absolute atomic E-state index is 0.124. The van der Waals surface area contributed by atoms with Gasteiger partial charge in [0.1, 0.15) is 6.04 Å². The maximum Gasteiger partial charge on any atom is 0.251 e. The second kappa shape index (κ2) is 6.99. The molecule has 4 saturated carbocycles. The average molecular weight is 396 g/mol. The third kappa shape index (κ3) is 3.24. The second-order valence-corrected chi connectivity index (χ2v) is 9.77. The standard InChI is InChI=1S/C22H25N3O2S/c26-19(17-4-2-1-3-5-17)24-18(20(27)25-21-23-6-7-28-21)22-11-14-8-15(12-22)10-16(9-14)13-22/h1-7,14-16,18H,8-13H2,(H,24,26)(H,23,25,27)/t14?,15?,16?,18-,22?/m1/s1. The molecule has 1 aromatic carbocycles. The van der Waals surface area contributed by atoms with Crippen molar-refractivity contribution >= 4 is 28.3 Å². The highest BCUT2D eigenvalue weighted by atomic mass is 32.1. The van der Waals surface area contributed by atoms with Crippen molar-refractivity contribution in [3.63, 3.8) is 0 Å². The summed E-state index contributed by atoms with van der Waals surface area (Å²) in [6, 6.07) is 8.67. The van der Waals surface area contributed by atoms with Gasteiger partial charge >= 0.3 is 0 Å². The number of anilines is 1. The van der Waals surface area contributed by atoms with E-state index in [4.69, 9.17) is 0 Å². The Hall–Kier alpha value is -2.21. The first-order chi connectivity index (χ1) is 13.6. The molecule has 0 radical (unpaired) electrons. The molecule has 4 bridgehead atoms. The predicted octanol–water partition coefficient (Wildman–Crippen LogP) is 4.10. The molecule has 2 aromatic rings. The van der Waals surface area contributed by atoms with Gasteiger partial charge in [0.25, 0.3) is 5.91 Å².